The summed E-state index contributed by atoms with van der Waals surface area (Å²) in [5.74, 6) is 5.66. The molecule has 1 saturated carbocycles. The highest BCUT2D eigenvalue weighted by atomic mass is 19.4. The van der Waals surface area contributed by atoms with Gasteiger partial charge in [0.15, 0.2) is 0 Å². The van der Waals surface area contributed by atoms with Crippen LogP contribution in [-0.4, -0.2) is 19.1 Å². The molecular formula is C18H20F3NO2. The zero-order valence-corrected chi connectivity index (χ0v) is 13.3. The molecule has 0 aliphatic heterocycles. The second-order valence-corrected chi connectivity index (χ2v) is 5.72. The summed E-state index contributed by atoms with van der Waals surface area (Å²) in [5, 5.41) is 2.76. The van der Waals surface area contributed by atoms with Crippen molar-refractivity contribution < 1.29 is 22.7 Å². The van der Waals surface area contributed by atoms with Crippen molar-refractivity contribution in [1.82, 2.24) is 5.32 Å². The maximum absolute atomic E-state index is 12.6. The summed E-state index contributed by atoms with van der Waals surface area (Å²) in [6.45, 7) is 0.196. The fourth-order valence-corrected chi connectivity index (χ4v) is 2.64. The number of benzene rings is 1. The van der Waals surface area contributed by atoms with Gasteiger partial charge in [-0.25, -0.2) is 0 Å². The normalized spacial score (nSPS) is 15.3. The van der Waals surface area contributed by atoms with Gasteiger partial charge in [-0.1, -0.05) is 37.2 Å². The van der Waals surface area contributed by atoms with Crippen LogP contribution < -0.4 is 10.1 Å². The minimum atomic E-state index is -4.39. The van der Waals surface area contributed by atoms with Gasteiger partial charge in [-0.2, -0.15) is 13.2 Å². The van der Waals surface area contributed by atoms with Crippen molar-refractivity contribution in [2.24, 2.45) is 5.92 Å². The van der Waals surface area contributed by atoms with Crippen LogP contribution in [0.1, 0.15) is 37.7 Å². The lowest BCUT2D eigenvalue weighted by molar-refractivity contribution is -0.137. The minimum absolute atomic E-state index is 0.0272. The summed E-state index contributed by atoms with van der Waals surface area (Å²) in [5.41, 5.74) is -0.757. The third-order valence-electron chi connectivity index (χ3n) is 3.92. The van der Waals surface area contributed by atoms with Gasteiger partial charge in [0.25, 0.3) is 0 Å². The van der Waals surface area contributed by atoms with Crippen LogP contribution in [0.4, 0.5) is 13.2 Å². The van der Waals surface area contributed by atoms with Crippen molar-refractivity contribution in [3.05, 3.63) is 29.8 Å². The van der Waals surface area contributed by atoms with E-state index in [9.17, 15) is 18.0 Å². The van der Waals surface area contributed by atoms with Gasteiger partial charge in [-0.3, -0.25) is 4.79 Å². The zero-order valence-electron chi connectivity index (χ0n) is 13.3. The zero-order chi connectivity index (χ0) is 17.4. The molecule has 130 valence electrons. The van der Waals surface area contributed by atoms with E-state index in [0.717, 1.165) is 37.8 Å². The van der Waals surface area contributed by atoms with Crippen molar-refractivity contribution in [3.63, 3.8) is 0 Å². The Hall–Kier alpha value is -2.16. The molecule has 0 spiro atoms. The van der Waals surface area contributed by atoms with Crippen molar-refractivity contribution >= 4 is 5.91 Å². The molecule has 0 saturated heterocycles. The molecule has 1 amide bonds. The Balaban J connectivity index is 1.71. The van der Waals surface area contributed by atoms with Crippen LogP contribution in [0.3, 0.4) is 0 Å². The third-order valence-corrected chi connectivity index (χ3v) is 3.92. The Morgan fingerprint density at radius 2 is 1.96 bits per heavy atom. The SMILES string of the molecule is O=C(NCC#CCOc1cccc(C(F)(F)F)c1)C1CCCCC1. The van der Waals surface area contributed by atoms with Crippen LogP contribution in [0.5, 0.6) is 5.75 Å². The molecule has 2 rings (SSSR count). The molecule has 24 heavy (non-hydrogen) atoms. The molecule has 0 aromatic heterocycles. The van der Waals surface area contributed by atoms with Crippen molar-refractivity contribution in [1.29, 1.82) is 0 Å². The van der Waals surface area contributed by atoms with E-state index in [1.165, 1.54) is 18.6 Å². The van der Waals surface area contributed by atoms with Crippen LogP contribution in [0.2, 0.25) is 0 Å². The minimum Gasteiger partial charge on any atom is -0.481 e. The van der Waals surface area contributed by atoms with Crippen molar-refractivity contribution in [2.45, 2.75) is 38.3 Å². The van der Waals surface area contributed by atoms with E-state index in [4.69, 9.17) is 4.74 Å². The summed E-state index contributed by atoms with van der Waals surface area (Å²) in [6.07, 6.45) is 0.837. The molecule has 1 aromatic carbocycles. The van der Waals surface area contributed by atoms with E-state index in [-0.39, 0.29) is 30.7 Å². The Morgan fingerprint density at radius 1 is 1.21 bits per heavy atom. The molecule has 1 aliphatic carbocycles. The molecular weight excluding hydrogens is 319 g/mol. The van der Waals surface area contributed by atoms with Gasteiger partial charge in [-0.05, 0) is 31.0 Å². The van der Waals surface area contributed by atoms with Gasteiger partial charge in [-0.15, -0.1) is 0 Å². The maximum atomic E-state index is 12.6. The molecule has 0 radical (unpaired) electrons. The predicted octanol–water partition coefficient (Wildman–Crippen LogP) is 3.78. The van der Waals surface area contributed by atoms with E-state index in [1.54, 1.807) is 0 Å². The van der Waals surface area contributed by atoms with E-state index in [2.05, 4.69) is 17.2 Å². The molecule has 0 heterocycles. The summed E-state index contributed by atoms with van der Waals surface area (Å²) in [4.78, 5) is 11.9. The standard InChI is InChI=1S/C18H20F3NO2/c19-18(20,21)15-9-6-10-16(13-15)24-12-5-4-11-22-17(23)14-7-2-1-3-8-14/h6,9-10,13-14H,1-3,7-8,11-12H2,(H,22,23). The highest BCUT2D eigenvalue weighted by molar-refractivity contribution is 5.78. The highest BCUT2D eigenvalue weighted by Gasteiger charge is 2.30. The number of nitrogens with one attached hydrogen (secondary N) is 1. The number of alkyl halides is 3. The summed E-state index contributed by atoms with van der Waals surface area (Å²) >= 11 is 0. The monoisotopic (exact) mass is 339 g/mol. The first-order valence-corrected chi connectivity index (χ1v) is 8.00. The first-order chi connectivity index (χ1) is 11.5. The van der Waals surface area contributed by atoms with Crippen LogP contribution in [0.25, 0.3) is 0 Å². The molecule has 3 nitrogen and oxygen atoms in total. The summed E-state index contributed by atoms with van der Waals surface area (Å²) < 4.78 is 42.9. The Kier molecular flexibility index (Phi) is 6.53. The molecule has 1 N–H and O–H groups in total. The van der Waals surface area contributed by atoms with Gasteiger partial charge in [0.2, 0.25) is 5.91 Å². The number of amides is 1. The van der Waals surface area contributed by atoms with Gasteiger partial charge in [0, 0.05) is 5.92 Å². The average Bonchev–Trinajstić information content (AvgIpc) is 2.58. The number of carbonyl (C=O) groups is 1. The molecule has 6 heteroatoms. The highest BCUT2D eigenvalue weighted by Crippen LogP contribution is 2.31. The molecule has 1 aromatic rings. The Bertz CT molecular complexity index is 611. The molecule has 1 fully saturated rings. The van der Waals surface area contributed by atoms with E-state index >= 15 is 0 Å². The largest absolute Gasteiger partial charge is 0.481 e. The van der Waals surface area contributed by atoms with E-state index < -0.39 is 11.7 Å². The number of ether oxygens (including phenoxy) is 1. The summed E-state index contributed by atoms with van der Waals surface area (Å²) in [6, 6.07) is 4.66. The summed E-state index contributed by atoms with van der Waals surface area (Å²) in [7, 11) is 0. The van der Waals surface area contributed by atoms with Crippen LogP contribution in [-0.2, 0) is 11.0 Å². The second kappa shape index (κ2) is 8.62. The average molecular weight is 339 g/mol. The second-order valence-electron chi connectivity index (χ2n) is 5.72. The number of hydrogen-bond acceptors (Lipinski definition) is 2. The first-order valence-electron chi connectivity index (χ1n) is 8.00. The lowest BCUT2D eigenvalue weighted by atomic mass is 9.89. The van der Waals surface area contributed by atoms with Gasteiger partial charge < -0.3 is 10.1 Å². The van der Waals surface area contributed by atoms with Crippen LogP contribution in [0.15, 0.2) is 24.3 Å². The molecule has 1 aliphatic rings. The number of hydrogen-bond donors (Lipinski definition) is 1. The lowest BCUT2D eigenvalue weighted by Crippen LogP contribution is -2.32. The molecule has 0 bridgehead atoms. The van der Waals surface area contributed by atoms with E-state index in [1.807, 2.05) is 0 Å². The van der Waals surface area contributed by atoms with Crippen molar-refractivity contribution in [2.75, 3.05) is 13.2 Å². The fourth-order valence-electron chi connectivity index (χ4n) is 2.64. The molecule has 0 unspecified atom stereocenters. The van der Waals surface area contributed by atoms with Gasteiger partial charge in [0.1, 0.15) is 12.4 Å². The number of halogens is 3. The number of carbonyl (C=O) groups excluding carboxylic acids is 1. The van der Waals surface area contributed by atoms with Gasteiger partial charge >= 0.3 is 6.18 Å². The van der Waals surface area contributed by atoms with Gasteiger partial charge in [0.05, 0.1) is 12.1 Å². The topological polar surface area (TPSA) is 38.3 Å². The van der Waals surface area contributed by atoms with E-state index in [0.29, 0.717) is 0 Å². The van der Waals surface area contributed by atoms with Crippen LogP contribution >= 0.6 is 0 Å². The maximum Gasteiger partial charge on any atom is 0.416 e. The number of rotatable bonds is 4. The predicted molar refractivity (Wildman–Crippen MR) is 84.3 cm³/mol. The fraction of sp³-hybridized carbons (Fsp3) is 0.500. The first kappa shape index (κ1) is 18.2. The smallest absolute Gasteiger partial charge is 0.416 e. The Morgan fingerprint density at radius 3 is 2.67 bits per heavy atom. The quantitative estimate of drug-likeness (QED) is 0.848. The van der Waals surface area contributed by atoms with Crippen LogP contribution in [0, 0.1) is 17.8 Å². The Labute approximate surface area is 139 Å². The third kappa shape index (κ3) is 5.80. The van der Waals surface area contributed by atoms with Crippen molar-refractivity contribution in [3.8, 4) is 17.6 Å². The molecule has 0 atom stereocenters. The lowest BCUT2D eigenvalue weighted by Gasteiger charge is -2.19.